The van der Waals surface area contributed by atoms with Gasteiger partial charge in [0.25, 0.3) is 0 Å². The first kappa shape index (κ1) is 14.6. The molecule has 0 amide bonds. The number of aryl methyl sites for hydroxylation is 3. The Bertz CT molecular complexity index is 608. The van der Waals surface area contributed by atoms with Crippen molar-refractivity contribution >= 4 is 0 Å². The molecule has 0 radical (unpaired) electrons. The second kappa shape index (κ2) is 6.07. The van der Waals surface area contributed by atoms with Gasteiger partial charge < -0.3 is 4.74 Å². The summed E-state index contributed by atoms with van der Waals surface area (Å²) in [5.74, 6) is 6.70. The Labute approximate surface area is 120 Å². The van der Waals surface area contributed by atoms with Gasteiger partial charge in [-0.3, -0.25) is 5.84 Å². The maximum atomic E-state index is 5.80. The number of hydrazine groups is 1. The van der Waals surface area contributed by atoms with Crippen LogP contribution in [-0.4, -0.2) is 7.11 Å². The third-order valence-electron chi connectivity index (χ3n) is 3.64. The normalized spacial score (nSPS) is 12.2. The number of hydrogen-bond donors (Lipinski definition) is 2. The molecule has 0 saturated carbocycles. The van der Waals surface area contributed by atoms with Crippen molar-refractivity contribution in [2.75, 3.05) is 7.11 Å². The molecule has 0 aliphatic carbocycles. The van der Waals surface area contributed by atoms with Gasteiger partial charge in [-0.1, -0.05) is 35.9 Å². The highest BCUT2D eigenvalue weighted by Gasteiger charge is 2.16. The van der Waals surface area contributed by atoms with Crippen molar-refractivity contribution in [1.82, 2.24) is 5.43 Å². The maximum Gasteiger partial charge on any atom is 0.122 e. The summed E-state index contributed by atoms with van der Waals surface area (Å²) >= 11 is 0. The van der Waals surface area contributed by atoms with Crippen molar-refractivity contribution in [3.63, 3.8) is 0 Å². The van der Waals surface area contributed by atoms with E-state index in [2.05, 4.69) is 55.7 Å². The Morgan fingerprint density at radius 1 is 1.05 bits per heavy atom. The van der Waals surface area contributed by atoms with E-state index in [0.717, 1.165) is 16.9 Å². The lowest BCUT2D eigenvalue weighted by Crippen LogP contribution is -2.29. The number of benzene rings is 2. The first-order valence-electron chi connectivity index (χ1n) is 6.74. The summed E-state index contributed by atoms with van der Waals surface area (Å²) in [6, 6.07) is 12.6. The number of nitrogens with two attached hydrogens (primary N) is 1. The summed E-state index contributed by atoms with van der Waals surface area (Å²) in [5.41, 5.74) is 8.77. The molecule has 20 heavy (non-hydrogen) atoms. The third-order valence-corrected chi connectivity index (χ3v) is 3.64. The number of hydrogen-bond acceptors (Lipinski definition) is 3. The topological polar surface area (TPSA) is 47.3 Å². The maximum absolute atomic E-state index is 5.80. The summed E-state index contributed by atoms with van der Waals surface area (Å²) in [4.78, 5) is 0. The van der Waals surface area contributed by atoms with Crippen LogP contribution < -0.4 is 16.0 Å². The fourth-order valence-electron chi connectivity index (χ4n) is 2.56. The molecule has 0 fully saturated rings. The van der Waals surface area contributed by atoms with E-state index in [1.807, 2.05) is 6.92 Å². The molecular formula is C17H22N2O. The van der Waals surface area contributed by atoms with E-state index in [-0.39, 0.29) is 6.04 Å². The largest absolute Gasteiger partial charge is 0.496 e. The lowest BCUT2D eigenvalue weighted by atomic mass is 9.93. The minimum Gasteiger partial charge on any atom is -0.496 e. The molecule has 2 aromatic carbocycles. The molecule has 2 rings (SSSR count). The van der Waals surface area contributed by atoms with Gasteiger partial charge in [-0.05, 0) is 49.1 Å². The standard InChI is InChI=1S/C17H22N2O/c1-11-6-5-7-14(8-11)17(19-18)15-9-13(3)16(20-4)10-12(15)2/h5-10,17,19H,18H2,1-4H3. The third kappa shape index (κ3) is 2.84. The van der Waals surface area contributed by atoms with E-state index in [0.29, 0.717) is 0 Å². The smallest absolute Gasteiger partial charge is 0.122 e. The van der Waals surface area contributed by atoms with Crippen LogP contribution >= 0.6 is 0 Å². The Kier molecular flexibility index (Phi) is 4.42. The monoisotopic (exact) mass is 270 g/mol. The highest BCUT2D eigenvalue weighted by atomic mass is 16.5. The average molecular weight is 270 g/mol. The van der Waals surface area contributed by atoms with Gasteiger partial charge in [0.05, 0.1) is 13.2 Å². The van der Waals surface area contributed by atoms with Crippen LogP contribution in [0, 0.1) is 20.8 Å². The molecule has 0 spiro atoms. The minimum atomic E-state index is -0.0143. The summed E-state index contributed by atoms with van der Waals surface area (Å²) in [6.45, 7) is 6.21. The average Bonchev–Trinajstić information content (AvgIpc) is 2.43. The number of ether oxygens (including phenoxy) is 1. The van der Waals surface area contributed by atoms with Gasteiger partial charge in [0.1, 0.15) is 5.75 Å². The Balaban J connectivity index is 2.49. The van der Waals surface area contributed by atoms with Gasteiger partial charge in [-0.25, -0.2) is 5.43 Å². The number of methoxy groups -OCH3 is 1. The molecule has 2 aromatic rings. The van der Waals surface area contributed by atoms with Gasteiger partial charge in [-0.2, -0.15) is 0 Å². The van der Waals surface area contributed by atoms with Gasteiger partial charge in [0, 0.05) is 0 Å². The molecule has 0 heterocycles. The van der Waals surface area contributed by atoms with Crippen LogP contribution in [0.1, 0.15) is 33.9 Å². The van der Waals surface area contributed by atoms with Crippen LogP contribution in [0.5, 0.6) is 5.75 Å². The summed E-state index contributed by atoms with van der Waals surface area (Å²) in [5, 5.41) is 0. The lowest BCUT2D eigenvalue weighted by Gasteiger charge is -2.21. The molecule has 3 N–H and O–H groups in total. The van der Waals surface area contributed by atoms with Crippen LogP contribution in [0.3, 0.4) is 0 Å². The van der Waals surface area contributed by atoms with Crippen molar-refractivity contribution in [3.05, 3.63) is 64.2 Å². The highest BCUT2D eigenvalue weighted by molar-refractivity contribution is 5.46. The fourth-order valence-corrected chi connectivity index (χ4v) is 2.56. The number of nitrogens with one attached hydrogen (secondary N) is 1. The van der Waals surface area contributed by atoms with Gasteiger partial charge in [-0.15, -0.1) is 0 Å². The first-order valence-corrected chi connectivity index (χ1v) is 6.74. The van der Waals surface area contributed by atoms with E-state index in [9.17, 15) is 0 Å². The van der Waals surface area contributed by atoms with Gasteiger partial charge >= 0.3 is 0 Å². The fraction of sp³-hybridized carbons (Fsp3) is 0.294. The predicted octanol–water partition coefficient (Wildman–Crippen LogP) is 3.17. The Hall–Kier alpha value is -1.84. The molecule has 3 heteroatoms. The molecule has 3 nitrogen and oxygen atoms in total. The van der Waals surface area contributed by atoms with Gasteiger partial charge in [0.2, 0.25) is 0 Å². The molecule has 1 unspecified atom stereocenters. The number of rotatable bonds is 4. The molecule has 1 atom stereocenters. The van der Waals surface area contributed by atoms with Crippen molar-refractivity contribution in [2.24, 2.45) is 5.84 Å². The van der Waals surface area contributed by atoms with Gasteiger partial charge in [0.15, 0.2) is 0 Å². The molecule has 106 valence electrons. The second-order valence-corrected chi connectivity index (χ2v) is 5.19. The first-order chi connectivity index (χ1) is 9.56. The zero-order chi connectivity index (χ0) is 14.7. The van der Waals surface area contributed by atoms with Crippen molar-refractivity contribution < 1.29 is 4.74 Å². The van der Waals surface area contributed by atoms with E-state index in [1.165, 1.54) is 16.7 Å². The zero-order valence-corrected chi connectivity index (χ0v) is 12.5. The molecule has 0 aliphatic heterocycles. The molecule has 0 aliphatic rings. The molecular weight excluding hydrogens is 248 g/mol. The van der Waals surface area contributed by atoms with E-state index >= 15 is 0 Å². The minimum absolute atomic E-state index is 0.0143. The Morgan fingerprint density at radius 2 is 1.80 bits per heavy atom. The van der Waals surface area contributed by atoms with Crippen LogP contribution in [0.15, 0.2) is 36.4 Å². The zero-order valence-electron chi connectivity index (χ0n) is 12.5. The molecule has 0 bridgehead atoms. The van der Waals surface area contributed by atoms with E-state index in [1.54, 1.807) is 7.11 Å². The Morgan fingerprint density at radius 3 is 2.40 bits per heavy atom. The SMILES string of the molecule is COc1cc(C)c(C(NN)c2cccc(C)c2)cc1C. The molecule has 0 saturated heterocycles. The van der Waals surface area contributed by atoms with Crippen molar-refractivity contribution in [2.45, 2.75) is 26.8 Å². The summed E-state index contributed by atoms with van der Waals surface area (Å²) < 4.78 is 5.37. The van der Waals surface area contributed by atoms with Crippen LogP contribution in [-0.2, 0) is 0 Å². The van der Waals surface area contributed by atoms with Crippen LogP contribution in [0.2, 0.25) is 0 Å². The lowest BCUT2D eigenvalue weighted by molar-refractivity contribution is 0.411. The van der Waals surface area contributed by atoms with Crippen molar-refractivity contribution in [3.8, 4) is 5.75 Å². The highest BCUT2D eigenvalue weighted by Crippen LogP contribution is 2.30. The second-order valence-electron chi connectivity index (χ2n) is 5.19. The van der Waals surface area contributed by atoms with Crippen LogP contribution in [0.4, 0.5) is 0 Å². The quantitative estimate of drug-likeness (QED) is 0.662. The van der Waals surface area contributed by atoms with E-state index in [4.69, 9.17) is 10.6 Å². The predicted molar refractivity (Wildman–Crippen MR) is 82.8 cm³/mol. The van der Waals surface area contributed by atoms with Crippen molar-refractivity contribution in [1.29, 1.82) is 0 Å². The summed E-state index contributed by atoms with van der Waals surface area (Å²) in [6.07, 6.45) is 0. The summed E-state index contributed by atoms with van der Waals surface area (Å²) in [7, 11) is 1.70. The molecule has 0 aromatic heterocycles. The van der Waals surface area contributed by atoms with Crippen LogP contribution in [0.25, 0.3) is 0 Å². The van der Waals surface area contributed by atoms with E-state index < -0.39 is 0 Å².